The Hall–Kier alpha value is -1.27. The molecule has 1 atom stereocenters. The van der Waals surface area contributed by atoms with E-state index in [1.54, 1.807) is 0 Å². The van der Waals surface area contributed by atoms with Gasteiger partial charge in [0.1, 0.15) is 11.8 Å². The summed E-state index contributed by atoms with van der Waals surface area (Å²) in [5.74, 6) is -0.553. The zero-order valence-corrected chi connectivity index (χ0v) is 9.64. The van der Waals surface area contributed by atoms with Crippen LogP contribution in [0, 0.1) is 0 Å². The Morgan fingerprint density at radius 3 is 2.47 bits per heavy atom. The van der Waals surface area contributed by atoms with Gasteiger partial charge in [-0.1, -0.05) is 12.1 Å². The molecule has 0 saturated heterocycles. The number of benzene rings is 1. The number of hydrogen-bond acceptors (Lipinski definition) is 3. The molecule has 1 rings (SSSR count). The average Bonchev–Trinajstić information content (AvgIpc) is 2.14. The van der Waals surface area contributed by atoms with Crippen molar-refractivity contribution in [3.8, 4) is 5.75 Å². The van der Waals surface area contributed by atoms with E-state index in [4.69, 9.17) is 5.73 Å². The van der Waals surface area contributed by atoms with Crippen molar-refractivity contribution in [2.75, 3.05) is 0 Å². The smallest absolute Gasteiger partial charge is 0.407 e. The highest BCUT2D eigenvalue weighted by atomic mass is 35.5. The van der Waals surface area contributed by atoms with Gasteiger partial charge < -0.3 is 10.5 Å². The lowest BCUT2D eigenvalue weighted by Gasteiger charge is -2.16. The van der Waals surface area contributed by atoms with E-state index < -0.39 is 18.2 Å². The molecule has 0 amide bonds. The molecule has 0 saturated carbocycles. The minimum absolute atomic E-state index is 0. The largest absolute Gasteiger partial charge is 0.427 e. The molecule has 0 bridgehead atoms. The maximum Gasteiger partial charge on any atom is 0.407 e. The first-order valence-electron chi connectivity index (χ1n) is 4.41. The normalized spacial score (nSPS) is 12.5. The number of carbonyl (C=O) groups excluding carboxylic acids is 1. The van der Waals surface area contributed by atoms with Crippen LogP contribution in [0.3, 0.4) is 0 Å². The lowest BCUT2D eigenvalue weighted by Crippen LogP contribution is -2.28. The molecule has 3 nitrogen and oxygen atoms in total. The van der Waals surface area contributed by atoms with Crippen molar-refractivity contribution in [2.45, 2.75) is 19.1 Å². The molecule has 0 fully saturated rings. The lowest BCUT2D eigenvalue weighted by molar-refractivity contribution is -0.149. The molecule has 0 unspecified atom stereocenters. The van der Waals surface area contributed by atoms with Gasteiger partial charge in [-0.3, -0.25) is 4.79 Å². The second kappa shape index (κ2) is 5.88. The van der Waals surface area contributed by atoms with Gasteiger partial charge in [0.25, 0.3) is 0 Å². The van der Waals surface area contributed by atoms with Crippen LogP contribution in [0.5, 0.6) is 5.75 Å². The summed E-state index contributed by atoms with van der Waals surface area (Å²) in [5, 5.41) is 0. The summed E-state index contributed by atoms with van der Waals surface area (Å²) in [6.07, 6.45) is -4.52. The summed E-state index contributed by atoms with van der Waals surface area (Å²) in [7, 11) is 0. The molecule has 0 radical (unpaired) electrons. The lowest BCUT2D eigenvalue weighted by atomic mass is 10.1. The SMILES string of the molecule is CC(=O)Oc1cccc([C@H](N)C(F)(F)F)c1.Cl. The maximum absolute atomic E-state index is 12.3. The van der Waals surface area contributed by atoms with Crippen LogP contribution in [0.2, 0.25) is 0 Å². The molecule has 96 valence electrons. The van der Waals surface area contributed by atoms with Crippen LogP contribution in [0.25, 0.3) is 0 Å². The van der Waals surface area contributed by atoms with E-state index in [1.165, 1.54) is 18.2 Å². The zero-order chi connectivity index (χ0) is 12.3. The number of carbonyl (C=O) groups is 1. The molecule has 0 aliphatic heterocycles. The standard InChI is InChI=1S/C10H10F3NO2.ClH/c1-6(15)16-8-4-2-3-7(5-8)9(14)10(11,12)13;/h2-5,9H,14H2,1H3;1H/t9-;/m0./s1. The Kier molecular flexibility index (Phi) is 5.44. The first-order valence-corrected chi connectivity index (χ1v) is 4.41. The molecule has 0 aromatic heterocycles. The highest BCUT2D eigenvalue weighted by Gasteiger charge is 2.37. The summed E-state index contributed by atoms with van der Waals surface area (Å²) >= 11 is 0. The molecular weight excluding hydrogens is 259 g/mol. The Morgan fingerprint density at radius 1 is 1.41 bits per heavy atom. The van der Waals surface area contributed by atoms with Crippen molar-refractivity contribution >= 4 is 18.4 Å². The number of hydrogen-bond donors (Lipinski definition) is 1. The van der Waals surface area contributed by atoms with Crippen LogP contribution in [-0.4, -0.2) is 12.1 Å². The number of esters is 1. The summed E-state index contributed by atoms with van der Waals surface area (Å²) in [6, 6.07) is 2.97. The summed E-state index contributed by atoms with van der Waals surface area (Å²) < 4.78 is 41.5. The van der Waals surface area contributed by atoms with E-state index in [-0.39, 0.29) is 23.7 Å². The van der Waals surface area contributed by atoms with Crippen molar-refractivity contribution in [3.05, 3.63) is 29.8 Å². The summed E-state index contributed by atoms with van der Waals surface area (Å²) in [5.41, 5.74) is 4.86. The minimum atomic E-state index is -4.52. The third kappa shape index (κ3) is 4.62. The quantitative estimate of drug-likeness (QED) is 0.663. The van der Waals surface area contributed by atoms with Gasteiger partial charge in [-0.2, -0.15) is 13.2 Å². The van der Waals surface area contributed by atoms with E-state index >= 15 is 0 Å². The van der Waals surface area contributed by atoms with Gasteiger partial charge in [-0.05, 0) is 17.7 Å². The maximum atomic E-state index is 12.3. The predicted molar refractivity (Wildman–Crippen MR) is 58.0 cm³/mol. The average molecular weight is 270 g/mol. The molecule has 2 N–H and O–H groups in total. The van der Waals surface area contributed by atoms with Crippen molar-refractivity contribution < 1.29 is 22.7 Å². The Morgan fingerprint density at radius 2 is 2.00 bits per heavy atom. The van der Waals surface area contributed by atoms with Crippen molar-refractivity contribution in [1.29, 1.82) is 0 Å². The van der Waals surface area contributed by atoms with Gasteiger partial charge in [0.2, 0.25) is 0 Å². The van der Waals surface area contributed by atoms with Gasteiger partial charge in [-0.25, -0.2) is 0 Å². The summed E-state index contributed by atoms with van der Waals surface area (Å²) in [4.78, 5) is 10.6. The third-order valence-corrected chi connectivity index (χ3v) is 1.83. The second-order valence-corrected chi connectivity index (χ2v) is 3.19. The Bertz CT molecular complexity index is 395. The third-order valence-electron chi connectivity index (χ3n) is 1.83. The van der Waals surface area contributed by atoms with E-state index in [0.717, 1.165) is 13.0 Å². The van der Waals surface area contributed by atoms with Crippen LogP contribution in [0.4, 0.5) is 13.2 Å². The molecular formula is C10H11ClF3NO2. The van der Waals surface area contributed by atoms with Crippen LogP contribution < -0.4 is 10.5 Å². The van der Waals surface area contributed by atoms with Gasteiger partial charge >= 0.3 is 12.1 Å². The predicted octanol–water partition coefficient (Wildman–Crippen LogP) is 2.60. The van der Waals surface area contributed by atoms with Crippen LogP contribution in [0.1, 0.15) is 18.5 Å². The molecule has 0 spiro atoms. The van der Waals surface area contributed by atoms with Crippen LogP contribution in [0.15, 0.2) is 24.3 Å². The molecule has 1 aromatic carbocycles. The van der Waals surface area contributed by atoms with E-state index in [1.807, 2.05) is 0 Å². The minimum Gasteiger partial charge on any atom is -0.427 e. The molecule has 0 aliphatic rings. The second-order valence-electron chi connectivity index (χ2n) is 3.19. The molecule has 7 heteroatoms. The molecule has 17 heavy (non-hydrogen) atoms. The highest BCUT2D eigenvalue weighted by molar-refractivity contribution is 5.85. The zero-order valence-electron chi connectivity index (χ0n) is 8.82. The number of nitrogens with two attached hydrogens (primary N) is 1. The van der Waals surface area contributed by atoms with Crippen molar-refractivity contribution in [3.63, 3.8) is 0 Å². The Balaban J connectivity index is 0.00000256. The van der Waals surface area contributed by atoms with Crippen LogP contribution in [-0.2, 0) is 4.79 Å². The van der Waals surface area contributed by atoms with Gasteiger partial charge in [0.05, 0.1) is 0 Å². The van der Waals surface area contributed by atoms with Crippen molar-refractivity contribution in [2.24, 2.45) is 5.73 Å². The molecule has 0 aliphatic carbocycles. The van der Waals surface area contributed by atoms with Crippen LogP contribution >= 0.6 is 12.4 Å². The van der Waals surface area contributed by atoms with Crippen molar-refractivity contribution in [1.82, 2.24) is 0 Å². The number of rotatable bonds is 2. The van der Waals surface area contributed by atoms with Gasteiger partial charge in [0.15, 0.2) is 0 Å². The Labute approximate surface area is 102 Å². The van der Waals surface area contributed by atoms with Gasteiger partial charge in [-0.15, -0.1) is 12.4 Å². The molecule has 1 aromatic rings. The number of alkyl halides is 3. The highest BCUT2D eigenvalue weighted by Crippen LogP contribution is 2.31. The first-order chi connectivity index (χ1) is 7.30. The fraction of sp³-hybridized carbons (Fsp3) is 0.300. The van der Waals surface area contributed by atoms with Gasteiger partial charge in [0, 0.05) is 6.92 Å². The monoisotopic (exact) mass is 269 g/mol. The fourth-order valence-corrected chi connectivity index (χ4v) is 1.13. The fourth-order valence-electron chi connectivity index (χ4n) is 1.13. The van der Waals surface area contributed by atoms with E-state index in [2.05, 4.69) is 4.74 Å². The first kappa shape index (κ1) is 15.7. The molecule has 0 heterocycles. The topological polar surface area (TPSA) is 52.3 Å². The number of halogens is 4. The summed E-state index contributed by atoms with van der Waals surface area (Å²) in [6.45, 7) is 1.16. The van der Waals surface area contributed by atoms with E-state index in [0.29, 0.717) is 0 Å². The van der Waals surface area contributed by atoms with E-state index in [9.17, 15) is 18.0 Å². The number of ether oxygens (including phenoxy) is 1.